The lowest BCUT2D eigenvalue weighted by molar-refractivity contribution is 0.554. The summed E-state index contributed by atoms with van der Waals surface area (Å²) in [4.78, 5) is 0. The molecule has 0 fully saturated rings. The molecule has 112 valence electrons. The number of hydrogen-bond donors (Lipinski definition) is 1. The topological polar surface area (TPSA) is 12.0 Å². The summed E-state index contributed by atoms with van der Waals surface area (Å²) in [5.41, 5.74) is 3.10. The molecule has 1 atom stereocenters. The van der Waals surface area contributed by atoms with Crippen LogP contribution in [-0.2, 0) is 6.42 Å². The van der Waals surface area contributed by atoms with Gasteiger partial charge < -0.3 is 5.32 Å². The van der Waals surface area contributed by atoms with E-state index in [2.05, 4.69) is 43.4 Å². The number of rotatable bonds is 5. The molecule has 3 heteroatoms. The van der Waals surface area contributed by atoms with Crippen molar-refractivity contribution in [3.63, 3.8) is 0 Å². The zero-order valence-corrected chi connectivity index (χ0v) is 13.4. The van der Waals surface area contributed by atoms with Crippen molar-refractivity contribution in [2.75, 3.05) is 7.05 Å². The van der Waals surface area contributed by atoms with Crippen LogP contribution in [0.2, 0.25) is 5.02 Å². The SMILES string of the molecule is CNC(Cc1cc(Cl)ccc1F)c1ccc(C(C)C)cc1. The lowest BCUT2D eigenvalue weighted by Gasteiger charge is -2.18. The van der Waals surface area contributed by atoms with Gasteiger partial charge >= 0.3 is 0 Å². The molecule has 21 heavy (non-hydrogen) atoms. The van der Waals surface area contributed by atoms with Gasteiger partial charge in [-0.3, -0.25) is 0 Å². The summed E-state index contributed by atoms with van der Waals surface area (Å²) in [6, 6.07) is 13.3. The van der Waals surface area contributed by atoms with E-state index in [-0.39, 0.29) is 11.9 Å². The molecule has 0 aliphatic carbocycles. The van der Waals surface area contributed by atoms with Crippen LogP contribution < -0.4 is 5.32 Å². The van der Waals surface area contributed by atoms with Gasteiger partial charge in [0.2, 0.25) is 0 Å². The molecule has 1 unspecified atom stereocenters. The van der Waals surface area contributed by atoms with Crippen LogP contribution in [0.3, 0.4) is 0 Å². The summed E-state index contributed by atoms with van der Waals surface area (Å²) in [6.07, 6.45) is 0.573. The molecule has 0 aliphatic rings. The van der Waals surface area contributed by atoms with Gasteiger partial charge in [-0.25, -0.2) is 4.39 Å². The van der Waals surface area contributed by atoms with Gasteiger partial charge in [0.1, 0.15) is 5.82 Å². The quantitative estimate of drug-likeness (QED) is 0.810. The van der Waals surface area contributed by atoms with E-state index in [0.29, 0.717) is 22.9 Å². The van der Waals surface area contributed by atoms with Gasteiger partial charge in [0.25, 0.3) is 0 Å². The highest BCUT2D eigenvalue weighted by Gasteiger charge is 2.13. The molecule has 0 aliphatic heterocycles. The lowest BCUT2D eigenvalue weighted by Crippen LogP contribution is -2.19. The Morgan fingerprint density at radius 2 is 1.67 bits per heavy atom. The highest BCUT2D eigenvalue weighted by atomic mass is 35.5. The molecular weight excluding hydrogens is 285 g/mol. The third-order valence-electron chi connectivity index (χ3n) is 3.79. The second kappa shape index (κ2) is 7.06. The summed E-state index contributed by atoms with van der Waals surface area (Å²) < 4.78 is 13.9. The van der Waals surface area contributed by atoms with E-state index in [9.17, 15) is 4.39 Å². The number of nitrogens with one attached hydrogen (secondary N) is 1. The number of likely N-dealkylation sites (N-methyl/N-ethyl adjacent to an activating group) is 1. The molecule has 2 aromatic carbocycles. The van der Waals surface area contributed by atoms with Crippen molar-refractivity contribution in [2.45, 2.75) is 32.2 Å². The predicted octanol–water partition coefficient (Wildman–Crippen LogP) is 5.11. The molecule has 0 saturated carbocycles. The van der Waals surface area contributed by atoms with Crippen molar-refractivity contribution in [3.05, 3.63) is 70.0 Å². The third kappa shape index (κ3) is 4.05. The van der Waals surface area contributed by atoms with Crippen molar-refractivity contribution in [3.8, 4) is 0 Å². The minimum atomic E-state index is -0.210. The van der Waals surface area contributed by atoms with Crippen LogP contribution in [0, 0.1) is 5.82 Å². The monoisotopic (exact) mass is 305 g/mol. The Hall–Kier alpha value is -1.38. The second-order valence-corrected chi connectivity index (χ2v) is 6.04. The Labute approximate surface area is 131 Å². The number of benzene rings is 2. The van der Waals surface area contributed by atoms with Crippen LogP contribution >= 0.6 is 11.6 Å². The fraction of sp³-hybridized carbons (Fsp3) is 0.333. The number of hydrogen-bond acceptors (Lipinski definition) is 1. The first kappa shape index (κ1) is 16.0. The normalized spacial score (nSPS) is 12.7. The molecule has 0 spiro atoms. The molecule has 0 heterocycles. The molecule has 1 nitrogen and oxygen atoms in total. The smallest absolute Gasteiger partial charge is 0.126 e. The first-order valence-corrected chi connectivity index (χ1v) is 7.60. The minimum Gasteiger partial charge on any atom is -0.313 e. The van der Waals surface area contributed by atoms with Crippen molar-refractivity contribution >= 4 is 11.6 Å². The Bertz CT molecular complexity index is 593. The van der Waals surface area contributed by atoms with Crippen molar-refractivity contribution in [1.29, 1.82) is 0 Å². The maximum absolute atomic E-state index is 13.9. The lowest BCUT2D eigenvalue weighted by atomic mass is 9.95. The summed E-state index contributed by atoms with van der Waals surface area (Å²) in [5.74, 6) is 0.302. The van der Waals surface area contributed by atoms with Crippen LogP contribution in [0.5, 0.6) is 0 Å². The van der Waals surface area contributed by atoms with Gasteiger partial charge in [-0.2, -0.15) is 0 Å². The molecule has 0 saturated heterocycles. The zero-order chi connectivity index (χ0) is 15.4. The highest BCUT2D eigenvalue weighted by Crippen LogP contribution is 2.24. The van der Waals surface area contributed by atoms with Gasteiger partial charge in [0, 0.05) is 11.1 Å². The van der Waals surface area contributed by atoms with Crippen LogP contribution in [-0.4, -0.2) is 7.05 Å². The third-order valence-corrected chi connectivity index (χ3v) is 4.02. The van der Waals surface area contributed by atoms with E-state index in [4.69, 9.17) is 11.6 Å². The molecule has 1 N–H and O–H groups in total. The fourth-order valence-corrected chi connectivity index (χ4v) is 2.61. The maximum atomic E-state index is 13.9. The van der Waals surface area contributed by atoms with Gasteiger partial charge in [-0.05, 0) is 54.3 Å². The van der Waals surface area contributed by atoms with E-state index >= 15 is 0 Å². The Balaban J connectivity index is 2.21. The van der Waals surface area contributed by atoms with Crippen molar-refractivity contribution in [2.24, 2.45) is 0 Å². The van der Waals surface area contributed by atoms with E-state index in [0.717, 1.165) is 5.56 Å². The van der Waals surface area contributed by atoms with Crippen LogP contribution in [0.1, 0.15) is 42.5 Å². The summed E-state index contributed by atoms with van der Waals surface area (Å²) in [7, 11) is 1.89. The standard InChI is InChI=1S/C18H21ClFN/c1-12(2)13-4-6-14(7-5-13)18(21-3)11-15-10-16(19)8-9-17(15)20/h4-10,12,18,21H,11H2,1-3H3. The zero-order valence-electron chi connectivity index (χ0n) is 12.7. The van der Waals surface area contributed by atoms with E-state index in [1.165, 1.54) is 11.6 Å². The molecule has 0 bridgehead atoms. The predicted molar refractivity (Wildman–Crippen MR) is 87.4 cm³/mol. The van der Waals surface area contributed by atoms with Crippen LogP contribution in [0.4, 0.5) is 4.39 Å². The summed E-state index contributed by atoms with van der Waals surface area (Å²) in [6.45, 7) is 4.35. The Kier molecular flexibility index (Phi) is 5.38. The van der Waals surface area contributed by atoms with Gasteiger partial charge in [0.15, 0.2) is 0 Å². The molecule has 0 radical (unpaired) electrons. The average molecular weight is 306 g/mol. The fourth-order valence-electron chi connectivity index (χ4n) is 2.42. The van der Waals surface area contributed by atoms with Gasteiger partial charge in [-0.1, -0.05) is 49.7 Å². The highest BCUT2D eigenvalue weighted by molar-refractivity contribution is 6.30. The van der Waals surface area contributed by atoms with Crippen molar-refractivity contribution < 1.29 is 4.39 Å². The average Bonchev–Trinajstić information content (AvgIpc) is 2.48. The minimum absolute atomic E-state index is 0.0687. The molecular formula is C18H21ClFN. The van der Waals surface area contributed by atoms with Crippen LogP contribution in [0.15, 0.2) is 42.5 Å². The Morgan fingerprint density at radius 3 is 2.24 bits per heavy atom. The van der Waals surface area contributed by atoms with Gasteiger partial charge in [-0.15, -0.1) is 0 Å². The molecule has 2 rings (SSSR count). The second-order valence-electron chi connectivity index (χ2n) is 5.60. The summed E-state index contributed by atoms with van der Waals surface area (Å²) >= 11 is 5.96. The molecule has 0 aromatic heterocycles. The van der Waals surface area contributed by atoms with Crippen LogP contribution in [0.25, 0.3) is 0 Å². The number of halogens is 2. The largest absolute Gasteiger partial charge is 0.313 e. The molecule has 2 aromatic rings. The first-order valence-electron chi connectivity index (χ1n) is 7.22. The van der Waals surface area contributed by atoms with Crippen molar-refractivity contribution in [1.82, 2.24) is 5.32 Å². The molecule has 0 amide bonds. The van der Waals surface area contributed by atoms with E-state index in [1.807, 2.05) is 7.05 Å². The van der Waals surface area contributed by atoms with E-state index < -0.39 is 0 Å². The Morgan fingerprint density at radius 1 is 1.05 bits per heavy atom. The van der Waals surface area contributed by atoms with E-state index in [1.54, 1.807) is 12.1 Å². The summed E-state index contributed by atoms with van der Waals surface area (Å²) in [5, 5.41) is 3.82. The maximum Gasteiger partial charge on any atom is 0.126 e. The van der Waals surface area contributed by atoms with Gasteiger partial charge in [0.05, 0.1) is 0 Å². The first-order chi connectivity index (χ1) is 10.0.